The van der Waals surface area contributed by atoms with Gasteiger partial charge in [-0.1, -0.05) is 28.1 Å². The van der Waals surface area contributed by atoms with E-state index in [1.54, 1.807) is 12.1 Å². The first-order valence-corrected chi connectivity index (χ1v) is 7.53. The van der Waals surface area contributed by atoms with Crippen LogP contribution in [0.5, 0.6) is 0 Å². The minimum Gasteiger partial charge on any atom is -0.369 e. The molecule has 0 saturated heterocycles. The first-order valence-electron chi connectivity index (χ1n) is 6.74. The Hall–Kier alpha value is -1.95. The maximum atomic E-state index is 12.1. The van der Waals surface area contributed by atoms with Crippen molar-refractivity contribution in [1.29, 1.82) is 0 Å². The van der Waals surface area contributed by atoms with Gasteiger partial charge < -0.3 is 10.6 Å². The molecule has 21 heavy (non-hydrogen) atoms. The van der Waals surface area contributed by atoms with Gasteiger partial charge in [-0.2, -0.15) is 0 Å². The number of hydrogen-bond donors (Lipinski definition) is 2. The number of nitrogens with one attached hydrogen (secondary N) is 2. The Kier molecular flexibility index (Phi) is 5.27. The summed E-state index contributed by atoms with van der Waals surface area (Å²) in [6.07, 6.45) is 0. The summed E-state index contributed by atoms with van der Waals surface area (Å²) < 4.78 is 1.01. The quantitative estimate of drug-likeness (QED) is 0.870. The Morgan fingerprint density at radius 1 is 1.19 bits per heavy atom. The van der Waals surface area contributed by atoms with Crippen LogP contribution >= 0.6 is 15.9 Å². The monoisotopic (exact) mass is 348 g/mol. The Labute approximate surface area is 132 Å². The molecule has 110 valence electrons. The molecular formula is C15H17BrN4O. The van der Waals surface area contributed by atoms with Crippen molar-refractivity contribution < 1.29 is 4.79 Å². The molecule has 0 radical (unpaired) electrons. The standard InChI is InChI=1S/C15H17BrN4O/c1-3-17-14-9-8-13(19-20-14)15(21)18-10(2)11-4-6-12(16)7-5-11/h4-10H,3H2,1-2H3,(H,17,20)(H,18,21). The van der Waals surface area contributed by atoms with E-state index in [0.29, 0.717) is 11.5 Å². The molecule has 1 atom stereocenters. The Balaban J connectivity index is 2.01. The smallest absolute Gasteiger partial charge is 0.272 e. The molecule has 1 aromatic carbocycles. The number of carbonyl (C=O) groups is 1. The molecular weight excluding hydrogens is 332 g/mol. The number of rotatable bonds is 5. The molecule has 2 aromatic rings. The van der Waals surface area contributed by atoms with Gasteiger partial charge >= 0.3 is 0 Å². The zero-order valence-corrected chi connectivity index (χ0v) is 13.5. The molecule has 0 aliphatic heterocycles. The number of benzene rings is 1. The largest absolute Gasteiger partial charge is 0.369 e. The van der Waals surface area contributed by atoms with Crippen LogP contribution in [0.1, 0.15) is 35.9 Å². The molecule has 2 N–H and O–H groups in total. The second-order valence-corrected chi connectivity index (χ2v) is 5.50. The fourth-order valence-electron chi connectivity index (χ4n) is 1.83. The van der Waals surface area contributed by atoms with Gasteiger partial charge in [0.1, 0.15) is 5.82 Å². The summed E-state index contributed by atoms with van der Waals surface area (Å²) in [5, 5.41) is 13.8. The maximum Gasteiger partial charge on any atom is 0.272 e. The van der Waals surface area contributed by atoms with Crippen molar-refractivity contribution in [3.63, 3.8) is 0 Å². The highest BCUT2D eigenvalue weighted by Gasteiger charge is 2.13. The summed E-state index contributed by atoms with van der Waals surface area (Å²) in [6.45, 7) is 4.67. The van der Waals surface area contributed by atoms with Crippen LogP contribution in [0.15, 0.2) is 40.9 Å². The van der Waals surface area contributed by atoms with E-state index in [2.05, 4.69) is 36.8 Å². The SMILES string of the molecule is CCNc1ccc(C(=O)NC(C)c2ccc(Br)cc2)nn1. The lowest BCUT2D eigenvalue weighted by Crippen LogP contribution is -2.27. The van der Waals surface area contributed by atoms with Gasteiger partial charge in [-0.05, 0) is 43.7 Å². The van der Waals surface area contributed by atoms with Gasteiger partial charge in [0.2, 0.25) is 0 Å². The zero-order chi connectivity index (χ0) is 15.2. The summed E-state index contributed by atoms with van der Waals surface area (Å²) in [5.41, 5.74) is 1.34. The first-order chi connectivity index (χ1) is 10.1. The second-order valence-electron chi connectivity index (χ2n) is 4.58. The maximum absolute atomic E-state index is 12.1. The summed E-state index contributed by atoms with van der Waals surface area (Å²) in [6, 6.07) is 11.1. The van der Waals surface area contributed by atoms with E-state index in [1.807, 2.05) is 38.1 Å². The fourth-order valence-corrected chi connectivity index (χ4v) is 2.10. The van der Waals surface area contributed by atoms with Gasteiger partial charge in [-0.25, -0.2) is 0 Å². The highest BCUT2D eigenvalue weighted by atomic mass is 79.9. The van der Waals surface area contributed by atoms with Gasteiger partial charge in [-0.3, -0.25) is 4.79 Å². The highest BCUT2D eigenvalue weighted by Crippen LogP contribution is 2.16. The predicted molar refractivity (Wildman–Crippen MR) is 86.2 cm³/mol. The Morgan fingerprint density at radius 2 is 1.90 bits per heavy atom. The average molecular weight is 349 g/mol. The van der Waals surface area contributed by atoms with Crippen molar-refractivity contribution in [3.05, 3.63) is 52.1 Å². The number of aromatic nitrogens is 2. The molecule has 1 unspecified atom stereocenters. The predicted octanol–water partition coefficient (Wildman–Crippen LogP) is 3.16. The first kappa shape index (κ1) is 15.4. The van der Waals surface area contributed by atoms with E-state index in [1.165, 1.54) is 0 Å². The van der Waals surface area contributed by atoms with Gasteiger partial charge in [0.05, 0.1) is 6.04 Å². The van der Waals surface area contributed by atoms with E-state index >= 15 is 0 Å². The number of nitrogens with zero attached hydrogens (tertiary/aromatic N) is 2. The lowest BCUT2D eigenvalue weighted by atomic mass is 10.1. The summed E-state index contributed by atoms with van der Waals surface area (Å²) in [4.78, 5) is 12.1. The molecule has 5 nitrogen and oxygen atoms in total. The summed E-state index contributed by atoms with van der Waals surface area (Å²) >= 11 is 3.39. The van der Waals surface area contributed by atoms with Crippen molar-refractivity contribution in [2.45, 2.75) is 19.9 Å². The molecule has 0 aliphatic rings. The lowest BCUT2D eigenvalue weighted by molar-refractivity contribution is 0.0934. The fraction of sp³-hybridized carbons (Fsp3) is 0.267. The number of amides is 1. The molecule has 0 aliphatic carbocycles. The van der Waals surface area contributed by atoms with E-state index in [9.17, 15) is 4.79 Å². The van der Waals surface area contributed by atoms with Crippen LogP contribution in [0.4, 0.5) is 5.82 Å². The zero-order valence-electron chi connectivity index (χ0n) is 11.9. The lowest BCUT2D eigenvalue weighted by Gasteiger charge is -2.14. The Morgan fingerprint density at radius 3 is 2.48 bits per heavy atom. The topological polar surface area (TPSA) is 66.9 Å². The van der Waals surface area contributed by atoms with Gasteiger partial charge in [-0.15, -0.1) is 10.2 Å². The molecule has 0 bridgehead atoms. The number of carbonyl (C=O) groups excluding carboxylic acids is 1. The average Bonchev–Trinajstić information content (AvgIpc) is 2.49. The van der Waals surface area contributed by atoms with E-state index < -0.39 is 0 Å². The molecule has 0 spiro atoms. The molecule has 0 saturated carbocycles. The van der Waals surface area contributed by atoms with Gasteiger partial charge in [0.25, 0.3) is 5.91 Å². The van der Waals surface area contributed by atoms with Crippen LogP contribution in [0.3, 0.4) is 0 Å². The van der Waals surface area contributed by atoms with Crippen LogP contribution in [0.2, 0.25) is 0 Å². The number of anilines is 1. The highest BCUT2D eigenvalue weighted by molar-refractivity contribution is 9.10. The number of halogens is 1. The van der Waals surface area contributed by atoms with Crippen LogP contribution in [0, 0.1) is 0 Å². The third-order valence-corrected chi connectivity index (χ3v) is 3.50. The number of hydrogen-bond acceptors (Lipinski definition) is 4. The van der Waals surface area contributed by atoms with Crippen molar-refractivity contribution in [3.8, 4) is 0 Å². The third kappa shape index (κ3) is 4.26. The molecule has 0 fully saturated rings. The minimum atomic E-state index is -0.235. The van der Waals surface area contributed by atoms with Crippen LogP contribution < -0.4 is 10.6 Å². The van der Waals surface area contributed by atoms with Crippen LogP contribution in [0.25, 0.3) is 0 Å². The van der Waals surface area contributed by atoms with Crippen molar-refractivity contribution in [2.24, 2.45) is 0 Å². The molecule has 2 rings (SSSR count). The molecule has 1 amide bonds. The van der Waals surface area contributed by atoms with Crippen molar-refractivity contribution in [1.82, 2.24) is 15.5 Å². The van der Waals surface area contributed by atoms with Gasteiger partial charge in [0.15, 0.2) is 5.69 Å². The van der Waals surface area contributed by atoms with Crippen molar-refractivity contribution in [2.75, 3.05) is 11.9 Å². The van der Waals surface area contributed by atoms with Gasteiger partial charge in [0, 0.05) is 11.0 Å². The summed E-state index contributed by atoms with van der Waals surface area (Å²) in [7, 11) is 0. The van der Waals surface area contributed by atoms with E-state index in [0.717, 1.165) is 16.6 Å². The van der Waals surface area contributed by atoms with E-state index in [-0.39, 0.29) is 11.9 Å². The van der Waals surface area contributed by atoms with Crippen LogP contribution in [-0.4, -0.2) is 22.6 Å². The molecule has 1 heterocycles. The third-order valence-electron chi connectivity index (χ3n) is 2.97. The summed E-state index contributed by atoms with van der Waals surface area (Å²) in [5.74, 6) is 0.427. The van der Waals surface area contributed by atoms with Crippen LogP contribution in [-0.2, 0) is 0 Å². The van der Waals surface area contributed by atoms with E-state index in [4.69, 9.17) is 0 Å². The molecule has 6 heteroatoms. The van der Waals surface area contributed by atoms with Crippen molar-refractivity contribution >= 4 is 27.7 Å². The minimum absolute atomic E-state index is 0.0964. The Bertz CT molecular complexity index is 598. The normalized spacial score (nSPS) is 11.8. The second kappa shape index (κ2) is 7.17. The molecule has 1 aromatic heterocycles.